The lowest BCUT2D eigenvalue weighted by molar-refractivity contribution is 0.0749. The zero-order chi connectivity index (χ0) is 22.5. The Morgan fingerprint density at radius 1 is 0.742 bits per heavy atom. The molecule has 0 aliphatic rings. The van der Waals surface area contributed by atoms with Gasteiger partial charge in [0.1, 0.15) is 0 Å². The van der Waals surface area contributed by atoms with Crippen LogP contribution < -0.4 is 5.32 Å². The monoisotopic (exact) mass is 486 g/mol. The van der Waals surface area contributed by atoms with Crippen molar-refractivity contribution in [3.05, 3.63) is 64.1 Å². The molecule has 0 aromatic heterocycles. The highest BCUT2D eigenvalue weighted by atomic mass is 79.9. The number of anilines is 1. The van der Waals surface area contributed by atoms with Crippen molar-refractivity contribution in [1.82, 2.24) is 4.90 Å². The molecule has 2 aromatic rings. The fourth-order valence-electron chi connectivity index (χ4n) is 3.46. The average molecular weight is 487 g/mol. The minimum atomic E-state index is -0.167. The summed E-state index contributed by atoms with van der Waals surface area (Å²) in [5, 5.41) is 2.89. The molecule has 0 heterocycles. The molecule has 0 bridgehead atoms. The fourth-order valence-corrected chi connectivity index (χ4v) is 3.72. The molecule has 31 heavy (non-hydrogen) atoms. The number of hydrogen-bond acceptors (Lipinski definition) is 2. The average Bonchev–Trinajstić information content (AvgIpc) is 2.78. The fraction of sp³-hybridized carbons (Fsp3) is 0.462. The molecule has 2 amide bonds. The molecule has 0 atom stereocenters. The number of unbranched alkanes of at least 4 members (excludes halogenated alkanes) is 6. The molecule has 0 spiro atoms. The molecule has 1 N–H and O–H groups in total. The Morgan fingerprint density at radius 3 is 1.77 bits per heavy atom. The topological polar surface area (TPSA) is 49.4 Å². The Kier molecular flexibility index (Phi) is 11.4. The molecule has 2 aromatic carbocycles. The SMILES string of the molecule is CCCCCCN(CCCCCC)C(=O)c1ccc(NC(=O)c2ccc(Br)cc2)cc1. The van der Waals surface area contributed by atoms with Gasteiger partial charge < -0.3 is 10.2 Å². The lowest BCUT2D eigenvalue weighted by Crippen LogP contribution is -2.33. The first-order valence-electron chi connectivity index (χ1n) is 11.5. The number of carbonyl (C=O) groups is 2. The first-order chi connectivity index (χ1) is 15.0. The van der Waals surface area contributed by atoms with Crippen LogP contribution in [0.4, 0.5) is 5.69 Å². The number of benzene rings is 2. The second-order valence-electron chi connectivity index (χ2n) is 7.95. The van der Waals surface area contributed by atoms with E-state index in [1.54, 1.807) is 24.3 Å². The molecule has 4 nitrogen and oxygen atoms in total. The van der Waals surface area contributed by atoms with E-state index in [1.807, 2.05) is 29.2 Å². The zero-order valence-corrected chi connectivity index (χ0v) is 20.4. The molecule has 0 aliphatic heterocycles. The summed E-state index contributed by atoms with van der Waals surface area (Å²) in [5.41, 5.74) is 1.95. The van der Waals surface area contributed by atoms with Gasteiger partial charge in [-0.15, -0.1) is 0 Å². The van der Waals surface area contributed by atoms with Crippen LogP contribution in [0.3, 0.4) is 0 Å². The smallest absolute Gasteiger partial charge is 0.255 e. The molecule has 5 heteroatoms. The lowest BCUT2D eigenvalue weighted by Gasteiger charge is -2.23. The van der Waals surface area contributed by atoms with Crippen LogP contribution in [0.15, 0.2) is 53.0 Å². The van der Waals surface area contributed by atoms with E-state index in [2.05, 4.69) is 35.1 Å². The molecular weight excluding hydrogens is 452 g/mol. The maximum absolute atomic E-state index is 13.1. The highest BCUT2D eigenvalue weighted by Gasteiger charge is 2.15. The minimum Gasteiger partial charge on any atom is -0.339 e. The second-order valence-corrected chi connectivity index (χ2v) is 8.87. The number of hydrogen-bond donors (Lipinski definition) is 1. The van der Waals surface area contributed by atoms with Gasteiger partial charge in [0.05, 0.1) is 0 Å². The van der Waals surface area contributed by atoms with Crippen molar-refractivity contribution in [3.8, 4) is 0 Å². The number of nitrogens with one attached hydrogen (secondary N) is 1. The van der Waals surface area contributed by atoms with Gasteiger partial charge in [-0.2, -0.15) is 0 Å². The van der Waals surface area contributed by atoms with Crippen molar-refractivity contribution in [2.24, 2.45) is 0 Å². The Morgan fingerprint density at radius 2 is 1.26 bits per heavy atom. The van der Waals surface area contributed by atoms with Crippen LogP contribution in [0.25, 0.3) is 0 Å². The third-order valence-corrected chi connectivity index (χ3v) is 5.88. The van der Waals surface area contributed by atoms with Crippen LogP contribution in [-0.4, -0.2) is 29.8 Å². The van der Waals surface area contributed by atoms with Crippen LogP contribution in [-0.2, 0) is 0 Å². The first kappa shape index (κ1) is 25.1. The maximum atomic E-state index is 13.1. The molecule has 0 saturated carbocycles. The molecule has 0 unspecified atom stereocenters. The third-order valence-electron chi connectivity index (χ3n) is 5.35. The molecule has 2 rings (SSSR count). The summed E-state index contributed by atoms with van der Waals surface area (Å²) in [7, 11) is 0. The van der Waals surface area contributed by atoms with Crippen molar-refractivity contribution >= 4 is 33.4 Å². The standard InChI is InChI=1S/C26H35BrN2O2/c1-3-5-7-9-19-29(20-10-8-6-4-2)26(31)22-13-17-24(18-14-22)28-25(30)21-11-15-23(27)16-12-21/h11-18H,3-10,19-20H2,1-2H3,(H,28,30). The van der Waals surface area contributed by atoms with E-state index in [0.717, 1.165) is 43.2 Å². The van der Waals surface area contributed by atoms with Gasteiger partial charge in [0, 0.05) is 34.4 Å². The first-order valence-corrected chi connectivity index (χ1v) is 12.3. The van der Waals surface area contributed by atoms with Gasteiger partial charge in [0.25, 0.3) is 11.8 Å². The van der Waals surface area contributed by atoms with Gasteiger partial charge in [0.2, 0.25) is 0 Å². The van der Waals surface area contributed by atoms with Gasteiger partial charge in [-0.3, -0.25) is 9.59 Å². The summed E-state index contributed by atoms with van der Waals surface area (Å²) in [6, 6.07) is 14.4. The summed E-state index contributed by atoms with van der Waals surface area (Å²) in [6.07, 6.45) is 9.24. The molecule has 168 valence electrons. The van der Waals surface area contributed by atoms with Crippen molar-refractivity contribution in [2.45, 2.75) is 65.2 Å². The number of halogens is 1. The molecule has 0 saturated heterocycles. The largest absolute Gasteiger partial charge is 0.339 e. The van der Waals surface area contributed by atoms with Crippen molar-refractivity contribution in [1.29, 1.82) is 0 Å². The Balaban J connectivity index is 1.98. The normalized spacial score (nSPS) is 10.7. The van der Waals surface area contributed by atoms with E-state index in [-0.39, 0.29) is 11.8 Å². The molecule has 0 aliphatic carbocycles. The minimum absolute atomic E-state index is 0.0822. The van der Waals surface area contributed by atoms with E-state index in [1.165, 1.54) is 25.7 Å². The number of carbonyl (C=O) groups excluding carboxylic acids is 2. The van der Waals surface area contributed by atoms with E-state index < -0.39 is 0 Å². The Bertz CT molecular complexity index is 791. The van der Waals surface area contributed by atoms with Gasteiger partial charge in [-0.05, 0) is 61.4 Å². The lowest BCUT2D eigenvalue weighted by atomic mass is 10.1. The highest BCUT2D eigenvalue weighted by molar-refractivity contribution is 9.10. The van der Waals surface area contributed by atoms with E-state index in [4.69, 9.17) is 0 Å². The summed E-state index contributed by atoms with van der Waals surface area (Å²) < 4.78 is 0.931. The van der Waals surface area contributed by atoms with Gasteiger partial charge in [-0.1, -0.05) is 68.3 Å². The predicted molar refractivity (Wildman–Crippen MR) is 133 cm³/mol. The van der Waals surface area contributed by atoms with E-state index in [0.29, 0.717) is 16.8 Å². The third kappa shape index (κ3) is 8.86. The predicted octanol–water partition coefficient (Wildman–Crippen LogP) is 7.30. The maximum Gasteiger partial charge on any atom is 0.255 e. The van der Waals surface area contributed by atoms with Gasteiger partial charge >= 0.3 is 0 Å². The number of rotatable bonds is 13. The Labute approximate surface area is 195 Å². The summed E-state index contributed by atoms with van der Waals surface area (Å²) in [4.78, 5) is 27.5. The van der Waals surface area contributed by atoms with Crippen LogP contribution in [0.5, 0.6) is 0 Å². The quantitative estimate of drug-likeness (QED) is 0.301. The number of amides is 2. The molecule has 0 fully saturated rings. The van der Waals surface area contributed by atoms with Crippen molar-refractivity contribution in [2.75, 3.05) is 18.4 Å². The van der Waals surface area contributed by atoms with Gasteiger partial charge in [-0.25, -0.2) is 0 Å². The second kappa shape index (κ2) is 14.0. The zero-order valence-electron chi connectivity index (χ0n) is 18.8. The van der Waals surface area contributed by atoms with Gasteiger partial charge in [0.15, 0.2) is 0 Å². The summed E-state index contributed by atoms with van der Waals surface area (Å²) in [5.74, 6) is -0.0844. The van der Waals surface area contributed by atoms with Crippen molar-refractivity contribution < 1.29 is 9.59 Å². The molecular formula is C26H35BrN2O2. The van der Waals surface area contributed by atoms with Crippen LogP contribution in [0.2, 0.25) is 0 Å². The van der Waals surface area contributed by atoms with E-state index in [9.17, 15) is 9.59 Å². The highest BCUT2D eigenvalue weighted by Crippen LogP contribution is 2.16. The number of nitrogens with zero attached hydrogens (tertiary/aromatic N) is 1. The Hall–Kier alpha value is -2.14. The van der Waals surface area contributed by atoms with Crippen LogP contribution >= 0.6 is 15.9 Å². The van der Waals surface area contributed by atoms with Crippen LogP contribution in [0.1, 0.15) is 85.9 Å². The van der Waals surface area contributed by atoms with Crippen molar-refractivity contribution in [3.63, 3.8) is 0 Å². The summed E-state index contributed by atoms with van der Waals surface area (Å²) >= 11 is 3.37. The summed E-state index contributed by atoms with van der Waals surface area (Å²) in [6.45, 7) is 6.02. The van der Waals surface area contributed by atoms with E-state index >= 15 is 0 Å². The molecule has 0 radical (unpaired) electrons. The van der Waals surface area contributed by atoms with Crippen LogP contribution in [0, 0.1) is 0 Å².